The summed E-state index contributed by atoms with van der Waals surface area (Å²) < 4.78 is 1.48. The van der Waals surface area contributed by atoms with Crippen molar-refractivity contribution >= 4 is 17.7 Å². The van der Waals surface area contributed by atoms with Crippen LogP contribution in [0.2, 0.25) is 0 Å². The minimum absolute atomic E-state index is 0.0364. The van der Waals surface area contributed by atoms with E-state index in [1.807, 2.05) is 0 Å². The highest BCUT2D eigenvalue weighted by Gasteiger charge is 2.45. The summed E-state index contributed by atoms with van der Waals surface area (Å²) in [5, 5.41) is 4.03. The summed E-state index contributed by atoms with van der Waals surface area (Å²) in [6.07, 6.45) is 2.28. The summed E-state index contributed by atoms with van der Waals surface area (Å²) in [4.78, 5) is 45.7. The number of likely N-dealkylation sites (N-methyl/N-ethyl adjacent to an activating group) is 1. The summed E-state index contributed by atoms with van der Waals surface area (Å²) in [6, 6.07) is 0. The number of hydrogen-bond acceptors (Lipinski definition) is 5. The maximum Gasteiger partial charge on any atom is 0.293 e. The van der Waals surface area contributed by atoms with Gasteiger partial charge >= 0.3 is 0 Å². The van der Waals surface area contributed by atoms with Crippen molar-refractivity contribution in [3.05, 3.63) is 12.2 Å². The number of hydrogen-bond donors (Lipinski definition) is 0. The zero-order chi connectivity index (χ0) is 17.4. The molecule has 3 rings (SSSR count). The van der Waals surface area contributed by atoms with E-state index in [4.69, 9.17) is 0 Å². The van der Waals surface area contributed by atoms with Gasteiger partial charge in [0.25, 0.3) is 5.91 Å². The van der Waals surface area contributed by atoms with Crippen LogP contribution in [0.15, 0.2) is 6.33 Å². The molecule has 0 N–H and O–H groups in total. The van der Waals surface area contributed by atoms with Crippen LogP contribution in [0.1, 0.15) is 17.0 Å². The third-order valence-electron chi connectivity index (χ3n) is 4.74. The number of fused-ring (bicyclic) bond motifs is 1. The Kier molecular flexibility index (Phi) is 4.25. The molecule has 3 heterocycles. The molecule has 0 bridgehead atoms. The number of amides is 3. The minimum Gasteiger partial charge on any atom is -0.347 e. The summed E-state index contributed by atoms with van der Waals surface area (Å²) >= 11 is 0. The number of carbonyl (C=O) groups excluding carboxylic acids is 3. The molecule has 1 aromatic rings. The zero-order valence-corrected chi connectivity index (χ0v) is 14.2. The number of nitrogens with zero attached hydrogens (tertiary/aromatic N) is 6. The van der Waals surface area contributed by atoms with Gasteiger partial charge in [0, 0.05) is 40.8 Å². The molecule has 2 atom stereocenters. The van der Waals surface area contributed by atoms with E-state index in [-0.39, 0.29) is 41.9 Å². The molecule has 0 aliphatic carbocycles. The molecule has 2 saturated heterocycles. The van der Waals surface area contributed by atoms with Crippen LogP contribution in [0.5, 0.6) is 0 Å². The van der Waals surface area contributed by atoms with E-state index in [0.29, 0.717) is 19.6 Å². The van der Waals surface area contributed by atoms with Crippen molar-refractivity contribution in [3.8, 4) is 0 Å². The van der Waals surface area contributed by atoms with Crippen LogP contribution >= 0.6 is 0 Å². The van der Waals surface area contributed by atoms with Crippen molar-refractivity contribution < 1.29 is 14.4 Å². The van der Waals surface area contributed by atoms with E-state index in [0.717, 1.165) is 6.42 Å². The average Bonchev–Trinajstić information content (AvgIpc) is 3.16. The van der Waals surface area contributed by atoms with Gasteiger partial charge in [0.05, 0.1) is 12.5 Å². The lowest BCUT2D eigenvalue weighted by Crippen LogP contribution is -2.49. The van der Waals surface area contributed by atoms with Crippen molar-refractivity contribution in [2.75, 3.05) is 40.3 Å². The molecule has 0 aromatic carbocycles. The summed E-state index contributed by atoms with van der Waals surface area (Å²) in [5.74, 6) is -0.301. The monoisotopic (exact) mass is 334 g/mol. The fourth-order valence-corrected chi connectivity index (χ4v) is 3.32. The predicted octanol–water partition coefficient (Wildman–Crippen LogP) is -1.18. The first-order valence-corrected chi connectivity index (χ1v) is 8.00. The van der Waals surface area contributed by atoms with Gasteiger partial charge < -0.3 is 14.7 Å². The number of carbonyl (C=O) groups is 3. The molecule has 9 heteroatoms. The van der Waals surface area contributed by atoms with Gasteiger partial charge in [-0.1, -0.05) is 0 Å². The molecule has 0 radical (unpaired) electrons. The van der Waals surface area contributed by atoms with E-state index in [1.165, 1.54) is 15.9 Å². The molecular formula is C15H22N6O3. The van der Waals surface area contributed by atoms with Crippen LogP contribution in [0.4, 0.5) is 0 Å². The van der Waals surface area contributed by atoms with E-state index in [2.05, 4.69) is 10.1 Å². The Morgan fingerprint density at radius 3 is 2.71 bits per heavy atom. The Morgan fingerprint density at radius 2 is 2.08 bits per heavy atom. The highest BCUT2D eigenvalue weighted by atomic mass is 16.2. The molecule has 2 fully saturated rings. The van der Waals surface area contributed by atoms with Crippen LogP contribution in [0.25, 0.3) is 0 Å². The van der Waals surface area contributed by atoms with Gasteiger partial charge in [0.2, 0.25) is 17.6 Å². The second kappa shape index (κ2) is 6.21. The lowest BCUT2D eigenvalue weighted by atomic mass is 9.88. The molecule has 9 nitrogen and oxygen atoms in total. The van der Waals surface area contributed by atoms with Gasteiger partial charge in [-0.3, -0.25) is 19.1 Å². The molecule has 3 amide bonds. The van der Waals surface area contributed by atoms with Gasteiger partial charge in [-0.05, 0) is 12.3 Å². The highest BCUT2D eigenvalue weighted by molar-refractivity contribution is 5.92. The van der Waals surface area contributed by atoms with Gasteiger partial charge in [-0.2, -0.15) is 0 Å². The largest absolute Gasteiger partial charge is 0.347 e. The normalized spacial score (nSPS) is 23.4. The van der Waals surface area contributed by atoms with E-state index >= 15 is 0 Å². The quantitative estimate of drug-likeness (QED) is 0.694. The Bertz CT molecular complexity index is 670. The lowest BCUT2D eigenvalue weighted by molar-refractivity contribution is -0.145. The average molecular weight is 334 g/mol. The Morgan fingerprint density at radius 1 is 1.33 bits per heavy atom. The molecule has 130 valence electrons. The van der Waals surface area contributed by atoms with Gasteiger partial charge in [0.1, 0.15) is 6.33 Å². The topological polar surface area (TPSA) is 91.6 Å². The first kappa shape index (κ1) is 16.4. The number of rotatable bonds is 3. The van der Waals surface area contributed by atoms with Crippen LogP contribution in [-0.4, -0.2) is 87.5 Å². The summed E-state index contributed by atoms with van der Waals surface area (Å²) in [5.41, 5.74) is 0. The predicted molar refractivity (Wildman–Crippen MR) is 83.8 cm³/mol. The van der Waals surface area contributed by atoms with E-state index < -0.39 is 0 Å². The maximum absolute atomic E-state index is 12.7. The van der Waals surface area contributed by atoms with Crippen molar-refractivity contribution in [3.63, 3.8) is 0 Å². The van der Waals surface area contributed by atoms with Crippen LogP contribution in [0.3, 0.4) is 0 Å². The molecule has 0 saturated carbocycles. The standard InChI is InChI=1S/C15H22N6O3/c1-18(2)12(22)8-20-5-4-10-6-21(7-11(10)14(20)23)15(24)13-16-9-19(3)17-13/h9-11H,4-8H2,1-3H3/t10-,11-/m0/s1. The minimum atomic E-state index is -0.242. The van der Waals surface area contributed by atoms with Gasteiger partial charge in [0.15, 0.2) is 0 Å². The number of aryl methyl sites for hydroxylation is 1. The van der Waals surface area contributed by atoms with E-state index in [9.17, 15) is 14.4 Å². The molecule has 0 unspecified atom stereocenters. The van der Waals surface area contributed by atoms with Crippen LogP contribution in [0, 0.1) is 11.8 Å². The van der Waals surface area contributed by atoms with Crippen molar-refractivity contribution in [1.82, 2.24) is 29.5 Å². The molecule has 2 aliphatic heterocycles. The van der Waals surface area contributed by atoms with Gasteiger partial charge in [-0.15, -0.1) is 5.10 Å². The fraction of sp³-hybridized carbons (Fsp3) is 0.667. The molecular weight excluding hydrogens is 312 g/mol. The lowest BCUT2D eigenvalue weighted by Gasteiger charge is -2.33. The molecule has 0 spiro atoms. The third-order valence-corrected chi connectivity index (χ3v) is 4.74. The summed E-state index contributed by atoms with van der Waals surface area (Å²) in [7, 11) is 5.06. The van der Waals surface area contributed by atoms with E-state index in [1.54, 1.807) is 30.9 Å². The second-order valence-electron chi connectivity index (χ2n) is 6.66. The molecule has 2 aliphatic rings. The first-order chi connectivity index (χ1) is 11.4. The Labute approximate surface area is 140 Å². The maximum atomic E-state index is 12.7. The second-order valence-corrected chi connectivity index (χ2v) is 6.66. The van der Waals surface area contributed by atoms with Crippen molar-refractivity contribution in [2.45, 2.75) is 6.42 Å². The molecule has 24 heavy (non-hydrogen) atoms. The Balaban J connectivity index is 1.66. The molecule has 1 aromatic heterocycles. The fourth-order valence-electron chi connectivity index (χ4n) is 3.32. The van der Waals surface area contributed by atoms with Crippen LogP contribution < -0.4 is 0 Å². The number of piperidine rings is 1. The smallest absolute Gasteiger partial charge is 0.293 e. The van der Waals surface area contributed by atoms with Gasteiger partial charge in [-0.25, -0.2) is 4.98 Å². The zero-order valence-electron chi connectivity index (χ0n) is 14.2. The Hall–Kier alpha value is -2.45. The van der Waals surface area contributed by atoms with Crippen molar-refractivity contribution in [1.29, 1.82) is 0 Å². The number of likely N-dealkylation sites (tertiary alicyclic amines) is 2. The summed E-state index contributed by atoms with van der Waals surface area (Å²) in [6.45, 7) is 1.57. The number of aromatic nitrogens is 3. The SMILES string of the molecule is CN(C)C(=O)CN1CC[C@H]2CN(C(=O)c3ncn(C)n3)C[C@@H]2C1=O. The first-order valence-electron chi connectivity index (χ1n) is 8.00. The highest BCUT2D eigenvalue weighted by Crippen LogP contribution is 2.32. The van der Waals surface area contributed by atoms with Crippen molar-refractivity contribution in [2.24, 2.45) is 18.9 Å². The third kappa shape index (κ3) is 2.98. The van der Waals surface area contributed by atoms with Crippen LogP contribution in [-0.2, 0) is 16.6 Å².